The van der Waals surface area contributed by atoms with E-state index in [0.717, 1.165) is 5.69 Å². The van der Waals surface area contributed by atoms with E-state index in [4.69, 9.17) is 4.42 Å². The third-order valence-electron chi connectivity index (χ3n) is 2.59. The molecule has 0 radical (unpaired) electrons. The van der Waals surface area contributed by atoms with Crippen LogP contribution < -0.4 is 0 Å². The minimum Gasteiger partial charge on any atom is -0.416 e. The van der Waals surface area contributed by atoms with Crippen LogP contribution in [0.3, 0.4) is 0 Å². The summed E-state index contributed by atoms with van der Waals surface area (Å²) in [4.78, 5) is 16.2. The Kier molecular flexibility index (Phi) is 2.71. The molecule has 0 amide bonds. The van der Waals surface area contributed by atoms with E-state index in [1.807, 2.05) is 13.8 Å². The summed E-state index contributed by atoms with van der Waals surface area (Å²) in [6.45, 7) is 3.67. The predicted molar refractivity (Wildman–Crippen MR) is 65.8 cm³/mol. The van der Waals surface area contributed by atoms with E-state index in [2.05, 4.69) is 30.1 Å². The van der Waals surface area contributed by atoms with Crippen LogP contribution in [0, 0.1) is 13.8 Å². The molecule has 3 aromatic heterocycles. The van der Waals surface area contributed by atoms with Gasteiger partial charge in [0.1, 0.15) is 12.2 Å². The van der Waals surface area contributed by atoms with Gasteiger partial charge in [0, 0.05) is 18.6 Å². The van der Waals surface area contributed by atoms with Crippen molar-refractivity contribution in [3.63, 3.8) is 0 Å². The van der Waals surface area contributed by atoms with Gasteiger partial charge in [-0.3, -0.25) is 0 Å². The van der Waals surface area contributed by atoms with Crippen LogP contribution in [0.15, 0.2) is 29.3 Å². The van der Waals surface area contributed by atoms with Crippen molar-refractivity contribution in [3.05, 3.63) is 36.4 Å². The van der Waals surface area contributed by atoms with E-state index >= 15 is 0 Å². The van der Waals surface area contributed by atoms with Crippen LogP contribution in [-0.4, -0.2) is 30.1 Å². The second kappa shape index (κ2) is 4.52. The zero-order valence-electron chi connectivity index (χ0n) is 10.4. The highest BCUT2D eigenvalue weighted by Gasteiger charge is 2.13. The average molecular weight is 254 g/mol. The number of hydrogen-bond acceptors (Lipinski definition) is 7. The zero-order valence-corrected chi connectivity index (χ0v) is 10.4. The minimum atomic E-state index is 0.373. The van der Waals surface area contributed by atoms with Gasteiger partial charge in [-0.2, -0.15) is 0 Å². The van der Waals surface area contributed by atoms with Crippen molar-refractivity contribution in [1.82, 2.24) is 30.1 Å². The molecular formula is C12H10N6O. The lowest BCUT2D eigenvalue weighted by atomic mass is 10.2. The number of aromatic nitrogens is 6. The van der Waals surface area contributed by atoms with Gasteiger partial charge in [-0.05, 0) is 13.8 Å². The molecule has 7 heteroatoms. The molecule has 0 atom stereocenters. The highest BCUT2D eigenvalue weighted by atomic mass is 16.4. The van der Waals surface area contributed by atoms with Crippen molar-refractivity contribution in [2.45, 2.75) is 13.8 Å². The van der Waals surface area contributed by atoms with E-state index in [1.54, 1.807) is 18.6 Å². The summed E-state index contributed by atoms with van der Waals surface area (Å²) in [6, 6.07) is 0. The Bertz CT molecular complexity index is 706. The molecule has 0 aromatic carbocycles. The minimum absolute atomic E-state index is 0.373. The molecule has 0 fully saturated rings. The first-order chi connectivity index (χ1) is 9.24. The predicted octanol–water partition coefficient (Wildman–Crippen LogP) is 1.60. The molecule has 19 heavy (non-hydrogen) atoms. The fourth-order valence-electron chi connectivity index (χ4n) is 1.55. The van der Waals surface area contributed by atoms with Crippen LogP contribution in [-0.2, 0) is 0 Å². The molecule has 3 heterocycles. The fraction of sp³-hybridized carbons (Fsp3) is 0.167. The van der Waals surface area contributed by atoms with Crippen LogP contribution in [0.1, 0.15) is 11.5 Å². The Labute approximate surface area is 108 Å². The largest absolute Gasteiger partial charge is 0.416 e. The number of rotatable bonds is 2. The fourth-order valence-corrected chi connectivity index (χ4v) is 1.55. The molecule has 7 nitrogen and oxygen atoms in total. The second-order valence-electron chi connectivity index (χ2n) is 3.95. The van der Waals surface area contributed by atoms with Crippen molar-refractivity contribution in [3.8, 4) is 22.9 Å². The maximum absolute atomic E-state index is 5.59. The zero-order chi connectivity index (χ0) is 13.2. The quantitative estimate of drug-likeness (QED) is 0.685. The lowest BCUT2D eigenvalue weighted by Crippen LogP contribution is -1.88. The molecular weight excluding hydrogens is 244 g/mol. The van der Waals surface area contributed by atoms with Crippen LogP contribution in [0.25, 0.3) is 22.9 Å². The molecule has 0 spiro atoms. The standard InChI is InChI=1S/C12H10N6O/c1-7-10(5-13-6-16-7)12-18-17-11(19-12)9-3-14-8(2)15-4-9/h3-6H,1-2H3. The SMILES string of the molecule is Cc1ncc(-c2nnc(-c3cncnc3C)o2)cn1. The normalized spacial score (nSPS) is 10.6. The number of aryl methyl sites for hydroxylation is 2. The maximum atomic E-state index is 5.59. The molecule has 94 valence electrons. The van der Waals surface area contributed by atoms with Crippen molar-refractivity contribution in [1.29, 1.82) is 0 Å². The van der Waals surface area contributed by atoms with Gasteiger partial charge < -0.3 is 4.42 Å². The van der Waals surface area contributed by atoms with Crippen molar-refractivity contribution >= 4 is 0 Å². The summed E-state index contributed by atoms with van der Waals surface area (Å²) in [6.07, 6.45) is 6.41. The summed E-state index contributed by atoms with van der Waals surface area (Å²) in [5.74, 6) is 1.45. The number of hydrogen-bond donors (Lipinski definition) is 0. The van der Waals surface area contributed by atoms with E-state index in [9.17, 15) is 0 Å². The van der Waals surface area contributed by atoms with E-state index in [0.29, 0.717) is 28.7 Å². The Hall–Kier alpha value is -2.70. The second-order valence-corrected chi connectivity index (χ2v) is 3.95. The first-order valence-corrected chi connectivity index (χ1v) is 5.63. The molecule has 0 aliphatic rings. The van der Waals surface area contributed by atoms with Gasteiger partial charge in [0.05, 0.1) is 16.8 Å². The first kappa shape index (κ1) is 11.4. The lowest BCUT2D eigenvalue weighted by Gasteiger charge is -1.97. The molecule has 0 bridgehead atoms. The van der Waals surface area contributed by atoms with Crippen LogP contribution in [0.4, 0.5) is 0 Å². The van der Waals surface area contributed by atoms with Gasteiger partial charge in [0.2, 0.25) is 0 Å². The Morgan fingerprint density at radius 3 is 2.37 bits per heavy atom. The van der Waals surface area contributed by atoms with Crippen LogP contribution in [0.5, 0.6) is 0 Å². The third kappa shape index (κ3) is 2.17. The third-order valence-corrected chi connectivity index (χ3v) is 2.59. The van der Waals surface area contributed by atoms with Gasteiger partial charge in [-0.25, -0.2) is 19.9 Å². The van der Waals surface area contributed by atoms with E-state index in [1.165, 1.54) is 6.33 Å². The van der Waals surface area contributed by atoms with Gasteiger partial charge in [0.25, 0.3) is 11.8 Å². The molecule has 3 aromatic rings. The molecule has 0 N–H and O–H groups in total. The van der Waals surface area contributed by atoms with E-state index in [-0.39, 0.29) is 0 Å². The Balaban J connectivity index is 2.00. The molecule has 0 aliphatic carbocycles. The van der Waals surface area contributed by atoms with Crippen LogP contribution in [0.2, 0.25) is 0 Å². The highest BCUT2D eigenvalue weighted by molar-refractivity contribution is 5.57. The smallest absolute Gasteiger partial charge is 0.251 e. The van der Waals surface area contributed by atoms with Gasteiger partial charge in [0.15, 0.2) is 0 Å². The topological polar surface area (TPSA) is 90.5 Å². The van der Waals surface area contributed by atoms with Gasteiger partial charge in [-0.1, -0.05) is 0 Å². The average Bonchev–Trinajstić information content (AvgIpc) is 2.89. The number of nitrogens with zero attached hydrogens (tertiary/aromatic N) is 6. The van der Waals surface area contributed by atoms with Crippen molar-refractivity contribution < 1.29 is 4.42 Å². The lowest BCUT2D eigenvalue weighted by molar-refractivity contribution is 0.582. The molecule has 0 saturated carbocycles. The Morgan fingerprint density at radius 1 is 0.895 bits per heavy atom. The monoisotopic (exact) mass is 254 g/mol. The Morgan fingerprint density at radius 2 is 1.63 bits per heavy atom. The summed E-state index contributed by atoms with van der Waals surface area (Å²) in [5.41, 5.74) is 2.18. The summed E-state index contributed by atoms with van der Waals surface area (Å²) in [7, 11) is 0. The summed E-state index contributed by atoms with van der Waals surface area (Å²) >= 11 is 0. The molecule has 0 unspecified atom stereocenters. The van der Waals surface area contributed by atoms with E-state index < -0.39 is 0 Å². The maximum Gasteiger partial charge on any atom is 0.251 e. The van der Waals surface area contributed by atoms with Crippen molar-refractivity contribution in [2.24, 2.45) is 0 Å². The van der Waals surface area contributed by atoms with Gasteiger partial charge in [-0.15, -0.1) is 10.2 Å². The highest BCUT2D eigenvalue weighted by Crippen LogP contribution is 2.23. The van der Waals surface area contributed by atoms with Crippen molar-refractivity contribution in [2.75, 3.05) is 0 Å². The molecule has 0 saturated heterocycles. The summed E-state index contributed by atoms with van der Waals surface area (Å²) in [5, 5.41) is 7.98. The summed E-state index contributed by atoms with van der Waals surface area (Å²) < 4.78 is 5.59. The van der Waals surface area contributed by atoms with Gasteiger partial charge >= 0.3 is 0 Å². The van der Waals surface area contributed by atoms with Crippen LogP contribution >= 0.6 is 0 Å². The molecule has 0 aliphatic heterocycles. The first-order valence-electron chi connectivity index (χ1n) is 5.63. The molecule has 3 rings (SSSR count).